The Morgan fingerprint density at radius 2 is 1.60 bits per heavy atom. The number of rotatable bonds is 4. The van der Waals surface area contributed by atoms with Crippen LogP contribution in [0.5, 0.6) is 23.0 Å². The predicted molar refractivity (Wildman–Crippen MR) is 84.8 cm³/mol. The van der Waals surface area contributed by atoms with Crippen molar-refractivity contribution >= 4 is 22.6 Å². The molecule has 0 saturated heterocycles. The normalized spacial score (nSPS) is 10.3. The summed E-state index contributed by atoms with van der Waals surface area (Å²) >= 11 is 2.07. The van der Waals surface area contributed by atoms with Gasteiger partial charge in [0.15, 0.2) is 23.0 Å². The highest BCUT2D eigenvalue weighted by Crippen LogP contribution is 2.34. The molecule has 0 aromatic heterocycles. The van der Waals surface area contributed by atoms with Gasteiger partial charge in [0.05, 0.1) is 17.8 Å². The van der Waals surface area contributed by atoms with Crippen LogP contribution in [0.4, 0.5) is 0 Å². The van der Waals surface area contributed by atoms with Gasteiger partial charge in [-0.05, 0) is 64.4 Å². The molecule has 5 heteroatoms. The number of halogens is 1. The molecule has 0 spiro atoms. The number of ether oxygens (including phenoxy) is 2. The smallest absolute Gasteiger partial charge is 0.171 e. The lowest BCUT2D eigenvalue weighted by Gasteiger charge is -2.10. The second-order valence-corrected chi connectivity index (χ2v) is 5.47. The molecule has 0 aliphatic rings. The largest absolute Gasteiger partial charge is 0.504 e. The maximum atomic E-state index is 9.82. The second kappa shape index (κ2) is 6.21. The van der Waals surface area contributed by atoms with Crippen LogP contribution in [0.2, 0.25) is 0 Å². The molecule has 0 amide bonds. The van der Waals surface area contributed by atoms with Gasteiger partial charge in [-0.15, -0.1) is 0 Å². The average Bonchev–Trinajstić information content (AvgIpc) is 2.44. The fourth-order valence-corrected chi connectivity index (χ4v) is 2.62. The summed E-state index contributed by atoms with van der Waals surface area (Å²) in [4.78, 5) is 0. The molecule has 0 saturated carbocycles. The summed E-state index contributed by atoms with van der Waals surface area (Å²) in [5.74, 6) is 1.18. The zero-order valence-corrected chi connectivity index (χ0v) is 13.3. The van der Waals surface area contributed by atoms with E-state index in [1.54, 1.807) is 18.2 Å². The minimum atomic E-state index is 0.120. The van der Waals surface area contributed by atoms with Crippen molar-refractivity contribution in [2.75, 3.05) is 14.2 Å². The average molecular weight is 386 g/mol. The lowest BCUT2D eigenvalue weighted by Crippen LogP contribution is -1.94. The molecule has 0 aliphatic carbocycles. The van der Waals surface area contributed by atoms with Crippen LogP contribution >= 0.6 is 22.6 Å². The Morgan fingerprint density at radius 1 is 0.950 bits per heavy atom. The molecular formula is C15H15IO4. The van der Waals surface area contributed by atoms with Crippen LogP contribution in [0.1, 0.15) is 11.1 Å². The van der Waals surface area contributed by atoms with Gasteiger partial charge in [-0.2, -0.15) is 0 Å². The minimum Gasteiger partial charge on any atom is -0.504 e. The van der Waals surface area contributed by atoms with Crippen LogP contribution in [-0.4, -0.2) is 24.4 Å². The maximum Gasteiger partial charge on any atom is 0.171 e. The topological polar surface area (TPSA) is 58.9 Å². The molecule has 106 valence electrons. The third-order valence-corrected chi connectivity index (χ3v) is 3.78. The van der Waals surface area contributed by atoms with Gasteiger partial charge in [0.25, 0.3) is 0 Å². The number of hydrogen-bond acceptors (Lipinski definition) is 4. The maximum absolute atomic E-state index is 9.82. The Balaban J connectivity index is 2.32. The molecule has 0 unspecified atom stereocenters. The summed E-state index contributed by atoms with van der Waals surface area (Å²) in [6, 6.07) is 8.94. The van der Waals surface area contributed by atoms with Gasteiger partial charge < -0.3 is 19.7 Å². The Morgan fingerprint density at radius 3 is 2.25 bits per heavy atom. The van der Waals surface area contributed by atoms with Crippen LogP contribution < -0.4 is 9.47 Å². The van der Waals surface area contributed by atoms with Crippen molar-refractivity contribution in [3.05, 3.63) is 45.0 Å². The van der Waals surface area contributed by atoms with Gasteiger partial charge in [0.1, 0.15) is 0 Å². The summed E-state index contributed by atoms with van der Waals surface area (Å²) in [5, 5.41) is 19.4. The van der Waals surface area contributed by atoms with Crippen LogP contribution in [-0.2, 0) is 6.42 Å². The standard InChI is InChI=1S/C15H15IO4/c1-19-13-7-9(3-4-12(13)17)5-10-6-11(16)15(18)14(8-10)20-2/h3-4,6-8,17-18H,5H2,1-2H3. The molecule has 0 bridgehead atoms. The van der Waals surface area contributed by atoms with Gasteiger partial charge >= 0.3 is 0 Å². The van der Waals surface area contributed by atoms with Gasteiger partial charge in [0.2, 0.25) is 0 Å². The number of benzene rings is 2. The van der Waals surface area contributed by atoms with E-state index in [1.807, 2.05) is 12.1 Å². The number of methoxy groups -OCH3 is 2. The Hall–Kier alpha value is -1.63. The quantitative estimate of drug-likeness (QED) is 0.792. The van der Waals surface area contributed by atoms with Crippen molar-refractivity contribution in [2.45, 2.75) is 6.42 Å². The highest BCUT2D eigenvalue weighted by atomic mass is 127. The molecular weight excluding hydrogens is 371 g/mol. The third kappa shape index (κ3) is 3.09. The first kappa shape index (κ1) is 14.8. The predicted octanol–water partition coefficient (Wildman–Crippen LogP) is 3.31. The van der Waals surface area contributed by atoms with Crippen molar-refractivity contribution in [2.24, 2.45) is 0 Å². The van der Waals surface area contributed by atoms with Crippen molar-refractivity contribution < 1.29 is 19.7 Å². The lowest BCUT2D eigenvalue weighted by molar-refractivity contribution is 0.371. The van der Waals surface area contributed by atoms with Gasteiger partial charge in [-0.1, -0.05) is 6.07 Å². The summed E-state index contributed by atoms with van der Waals surface area (Å²) in [6.45, 7) is 0. The van der Waals surface area contributed by atoms with E-state index >= 15 is 0 Å². The second-order valence-electron chi connectivity index (χ2n) is 4.31. The molecule has 2 aromatic carbocycles. The van der Waals surface area contributed by atoms with E-state index in [-0.39, 0.29) is 11.5 Å². The number of phenols is 2. The zero-order valence-electron chi connectivity index (χ0n) is 11.2. The molecule has 2 N–H and O–H groups in total. The molecule has 20 heavy (non-hydrogen) atoms. The monoisotopic (exact) mass is 386 g/mol. The van der Waals surface area contributed by atoms with Crippen molar-refractivity contribution in [3.8, 4) is 23.0 Å². The molecule has 2 aromatic rings. The molecule has 0 radical (unpaired) electrons. The molecule has 0 aliphatic heterocycles. The van der Waals surface area contributed by atoms with E-state index in [9.17, 15) is 10.2 Å². The van der Waals surface area contributed by atoms with E-state index in [1.165, 1.54) is 14.2 Å². The van der Waals surface area contributed by atoms with Gasteiger partial charge in [-0.25, -0.2) is 0 Å². The number of phenolic OH excluding ortho intramolecular Hbond substituents is 2. The molecule has 4 nitrogen and oxygen atoms in total. The molecule has 0 fully saturated rings. The first-order chi connectivity index (χ1) is 9.55. The van der Waals surface area contributed by atoms with E-state index in [0.29, 0.717) is 17.9 Å². The van der Waals surface area contributed by atoms with E-state index in [0.717, 1.165) is 14.7 Å². The van der Waals surface area contributed by atoms with Gasteiger partial charge in [0, 0.05) is 0 Å². The highest BCUT2D eigenvalue weighted by Gasteiger charge is 2.10. The number of aromatic hydroxyl groups is 2. The molecule has 0 heterocycles. The summed E-state index contributed by atoms with van der Waals surface area (Å²) in [5.41, 5.74) is 2.01. The summed E-state index contributed by atoms with van der Waals surface area (Å²) in [6.07, 6.45) is 0.656. The van der Waals surface area contributed by atoms with Crippen molar-refractivity contribution in [1.29, 1.82) is 0 Å². The fraction of sp³-hybridized carbons (Fsp3) is 0.200. The van der Waals surface area contributed by atoms with Gasteiger partial charge in [-0.3, -0.25) is 0 Å². The first-order valence-electron chi connectivity index (χ1n) is 5.96. The molecule has 2 rings (SSSR count). The van der Waals surface area contributed by atoms with Crippen LogP contribution in [0, 0.1) is 3.57 Å². The Labute approximate surface area is 131 Å². The van der Waals surface area contributed by atoms with E-state index in [4.69, 9.17) is 9.47 Å². The number of hydrogen-bond donors (Lipinski definition) is 2. The van der Waals surface area contributed by atoms with Crippen LogP contribution in [0.25, 0.3) is 0 Å². The van der Waals surface area contributed by atoms with Crippen LogP contribution in [0.3, 0.4) is 0 Å². The Bertz CT molecular complexity index is 626. The first-order valence-corrected chi connectivity index (χ1v) is 7.04. The van der Waals surface area contributed by atoms with Crippen molar-refractivity contribution in [1.82, 2.24) is 0 Å². The third-order valence-electron chi connectivity index (χ3n) is 2.96. The summed E-state index contributed by atoms with van der Waals surface area (Å²) < 4.78 is 11.0. The van der Waals surface area contributed by atoms with Crippen molar-refractivity contribution in [3.63, 3.8) is 0 Å². The Kier molecular flexibility index (Phi) is 4.59. The molecule has 0 atom stereocenters. The fourth-order valence-electron chi connectivity index (χ4n) is 1.95. The van der Waals surface area contributed by atoms with Crippen LogP contribution in [0.15, 0.2) is 30.3 Å². The minimum absolute atomic E-state index is 0.120. The summed E-state index contributed by atoms with van der Waals surface area (Å²) in [7, 11) is 3.05. The van der Waals surface area contributed by atoms with E-state index < -0.39 is 0 Å². The SMILES string of the molecule is COc1cc(Cc2cc(I)c(O)c(OC)c2)ccc1O. The zero-order chi connectivity index (χ0) is 14.7. The van der Waals surface area contributed by atoms with E-state index in [2.05, 4.69) is 22.6 Å². The lowest BCUT2D eigenvalue weighted by atomic mass is 10.0. The highest BCUT2D eigenvalue weighted by molar-refractivity contribution is 14.1.